The minimum absolute atomic E-state index is 0.151. The van der Waals surface area contributed by atoms with Crippen molar-refractivity contribution in [1.82, 2.24) is 15.6 Å². The van der Waals surface area contributed by atoms with E-state index in [1.54, 1.807) is 6.20 Å². The summed E-state index contributed by atoms with van der Waals surface area (Å²) >= 11 is 0. The lowest BCUT2D eigenvalue weighted by Crippen LogP contribution is -2.52. The molecular weight excluding hydrogens is 454 g/mol. The Morgan fingerprint density at radius 2 is 1.53 bits per heavy atom. The van der Waals surface area contributed by atoms with Crippen LogP contribution in [0.3, 0.4) is 0 Å². The summed E-state index contributed by atoms with van der Waals surface area (Å²) in [4.78, 5) is 40.7. The van der Waals surface area contributed by atoms with Gasteiger partial charge in [-0.1, -0.05) is 90.3 Å². The van der Waals surface area contributed by atoms with Gasteiger partial charge in [-0.05, 0) is 30.4 Å². The molecule has 7 nitrogen and oxygen atoms in total. The minimum atomic E-state index is -1.10. The van der Waals surface area contributed by atoms with Crippen molar-refractivity contribution < 1.29 is 19.5 Å². The third kappa shape index (κ3) is 10.4. The van der Waals surface area contributed by atoms with Crippen molar-refractivity contribution in [1.29, 1.82) is 0 Å². The van der Waals surface area contributed by atoms with Crippen LogP contribution in [0, 0.1) is 5.92 Å². The van der Waals surface area contributed by atoms with E-state index in [2.05, 4.69) is 22.5 Å². The topological polar surface area (TPSA) is 111 Å². The maximum absolute atomic E-state index is 13.0. The molecule has 0 aliphatic rings. The second kappa shape index (κ2) is 16.0. The first kappa shape index (κ1) is 29.4. The van der Waals surface area contributed by atoms with Crippen LogP contribution < -0.4 is 10.6 Å². The Balaban J connectivity index is 1.85. The van der Waals surface area contributed by atoms with E-state index in [1.165, 1.54) is 38.5 Å². The van der Waals surface area contributed by atoms with Crippen LogP contribution in [-0.4, -0.2) is 40.0 Å². The SMILES string of the molecule is CCCCCCCCCCCC(=O)N[C@@H](CC(C)C)C(=O)N[C@@H](Cc1c[nH]c2ccccc12)C(=O)O. The standard InChI is InChI=1S/C29H45N3O4/c1-4-5-6-7-8-9-10-11-12-17-27(33)31-25(18-21(2)3)28(34)32-26(29(35)36)19-22-20-30-24-16-14-13-15-23(22)24/h13-16,20-21,25-26,30H,4-12,17-19H2,1-3H3,(H,31,33)(H,32,34)(H,35,36)/t25-,26-/m0/s1. The highest BCUT2D eigenvalue weighted by Crippen LogP contribution is 2.19. The molecule has 0 bridgehead atoms. The highest BCUT2D eigenvalue weighted by Gasteiger charge is 2.27. The first-order chi connectivity index (χ1) is 17.3. The number of carboxylic acid groups (broad SMARTS) is 1. The molecule has 2 rings (SSSR count). The number of unbranched alkanes of at least 4 members (excludes halogenated alkanes) is 8. The van der Waals surface area contributed by atoms with E-state index in [1.807, 2.05) is 38.1 Å². The van der Waals surface area contributed by atoms with Crippen LogP contribution in [-0.2, 0) is 20.8 Å². The van der Waals surface area contributed by atoms with E-state index in [0.29, 0.717) is 12.8 Å². The van der Waals surface area contributed by atoms with Crippen LogP contribution in [0.2, 0.25) is 0 Å². The Bertz CT molecular complexity index is 953. The van der Waals surface area contributed by atoms with E-state index in [-0.39, 0.29) is 18.2 Å². The fourth-order valence-corrected chi connectivity index (χ4v) is 4.56. The van der Waals surface area contributed by atoms with Crippen molar-refractivity contribution in [3.05, 3.63) is 36.0 Å². The molecule has 0 fully saturated rings. The number of fused-ring (bicyclic) bond motifs is 1. The molecule has 0 spiro atoms. The first-order valence-corrected chi connectivity index (χ1v) is 13.7. The summed E-state index contributed by atoms with van der Waals surface area (Å²) in [5.74, 6) is -1.53. The number of carbonyl (C=O) groups excluding carboxylic acids is 2. The normalized spacial score (nSPS) is 13.0. The Morgan fingerprint density at radius 1 is 0.889 bits per heavy atom. The van der Waals surface area contributed by atoms with Gasteiger partial charge >= 0.3 is 5.97 Å². The fraction of sp³-hybridized carbons (Fsp3) is 0.621. The number of aromatic amines is 1. The van der Waals surface area contributed by atoms with Gasteiger partial charge < -0.3 is 20.7 Å². The largest absolute Gasteiger partial charge is 0.480 e. The van der Waals surface area contributed by atoms with Crippen molar-refractivity contribution in [2.24, 2.45) is 5.92 Å². The molecule has 1 heterocycles. The number of hydrogen-bond acceptors (Lipinski definition) is 3. The number of H-pyrrole nitrogens is 1. The molecule has 2 amide bonds. The summed E-state index contributed by atoms with van der Waals surface area (Å²) in [6.45, 7) is 6.18. The van der Waals surface area contributed by atoms with E-state index in [4.69, 9.17) is 0 Å². The number of para-hydroxylation sites is 1. The van der Waals surface area contributed by atoms with Gasteiger partial charge in [-0.2, -0.15) is 0 Å². The van der Waals surface area contributed by atoms with Crippen LogP contribution in [0.5, 0.6) is 0 Å². The molecule has 1 aromatic carbocycles. The van der Waals surface area contributed by atoms with Gasteiger partial charge in [0.2, 0.25) is 11.8 Å². The number of aromatic nitrogens is 1. The zero-order valence-electron chi connectivity index (χ0n) is 22.3. The molecule has 2 atom stereocenters. The zero-order valence-corrected chi connectivity index (χ0v) is 22.3. The molecule has 2 aromatic rings. The van der Waals surface area contributed by atoms with Gasteiger partial charge in [0, 0.05) is 29.9 Å². The summed E-state index contributed by atoms with van der Waals surface area (Å²) in [5.41, 5.74) is 1.75. The molecule has 4 N–H and O–H groups in total. The van der Waals surface area contributed by atoms with Gasteiger partial charge in [0.05, 0.1) is 0 Å². The number of rotatable bonds is 18. The lowest BCUT2D eigenvalue weighted by Gasteiger charge is -2.23. The number of carbonyl (C=O) groups is 3. The molecule has 0 radical (unpaired) electrons. The second-order valence-corrected chi connectivity index (χ2v) is 10.3. The number of aliphatic carboxylic acids is 1. The highest BCUT2D eigenvalue weighted by atomic mass is 16.4. The summed E-state index contributed by atoms with van der Waals surface area (Å²) < 4.78 is 0. The van der Waals surface area contributed by atoms with E-state index < -0.39 is 24.0 Å². The molecule has 200 valence electrons. The number of amides is 2. The van der Waals surface area contributed by atoms with Gasteiger partial charge in [0.1, 0.15) is 12.1 Å². The van der Waals surface area contributed by atoms with Gasteiger partial charge in [0.15, 0.2) is 0 Å². The molecule has 0 aliphatic heterocycles. The average Bonchev–Trinajstić information content (AvgIpc) is 3.24. The molecule has 1 aromatic heterocycles. The van der Waals surface area contributed by atoms with Crippen LogP contribution in [0.4, 0.5) is 0 Å². The monoisotopic (exact) mass is 499 g/mol. The number of nitrogens with one attached hydrogen (secondary N) is 3. The molecule has 36 heavy (non-hydrogen) atoms. The van der Waals surface area contributed by atoms with E-state index >= 15 is 0 Å². The predicted molar refractivity (Wildman–Crippen MR) is 145 cm³/mol. The Morgan fingerprint density at radius 3 is 2.17 bits per heavy atom. The average molecular weight is 500 g/mol. The first-order valence-electron chi connectivity index (χ1n) is 13.7. The summed E-state index contributed by atoms with van der Waals surface area (Å²) in [5, 5.41) is 16.2. The number of hydrogen-bond donors (Lipinski definition) is 4. The molecule has 0 unspecified atom stereocenters. The van der Waals surface area contributed by atoms with Crippen molar-refractivity contribution in [3.8, 4) is 0 Å². The summed E-state index contributed by atoms with van der Waals surface area (Å²) in [7, 11) is 0. The smallest absolute Gasteiger partial charge is 0.326 e. The van der Waals surface area contributed by atoms with Gasteiger partial charge in [-0.25, -0.2) is 4.79 Å². The van der Waals surface area contributed by atoms with Crippen molar-refractivity contribution >= 4 is 28.7 Å². The minimum Gasteiger partial charge on any atom is -0.480 e. The Kier molecular flexibility index (Phi) is 13.1. The van der Waals surface area contributed by atoms with Crippen LogP contribution in [0.15, 0.2) is 30.5 Å². The summed E-state index contributed by atoms with van der Waals surface area (Å²) in [6.07, 6.45) is 13.3. The maximum atomic E-state index is 13.0. The predicted octanol–water partition coefficient (Wildman–Crippen LogP) is 5.73. The van der Waals surface area contributed by atoms with E-state index in [0.717, 1.165) is 35.7 Å². The number of benzene rings is 1. The van der Waals surface area contributed by atoms with Gasteiger partial charge in [-0.3, -0.25) is 9.59 Å². The third-order valence-corrected chi connectivity index (χ3v) is 6.58. The second-order valence-electron chi connectivity index (χ2n) is 10.3. The lowest BCUT2D eigenvalue weighted by molar-refractivity contribution is -0.142. The maximum Gasteiger partial charge on any atom is 0.326 e. The summed E-state index contributed by atoms with van der Waals surface area (Å²) in [6, 6.07) is 5.83. The zero-order chi connectivity index (χ0) is 26.3. The van der Waals surface area contributed by atoms with E-state index in [9.17, 15) is 19.5 Å². The van der Waals surface area contributed by atoms with Crippen LogP contribution >= 0.6 is 0 Å². The van der Waals surface area contributed by atoms with Crippen molar-refractivity contribution in [2.45, 2.75) is 110 Å². The lowest BCUT2D eigenvalue weighted by atomic mass is 10.0. The quantitative estimate of drug-likeness (QED) is 0.196. The van der Waals surface area contributed by atoms with Crippen molar-refractivity contribution in [3.63, 3.8) is 0 Å². The fourth-order valence-electron chi connectivity index (χ4n) is 4.56. The van der Waals surface area contributed by atoms with Crippen LogP contribution in [0.1, 0.15) is 97.0 Å². The van der Waals surface area contributed by atoms with Gasteiger partial charge in [-0.15, -0.1) is 0 Å². The van der Waals surface area contributed by atoms with Gasteiger partial charge in [0.25, 0.3) is 0 Å². The molecule has 0 aliphatic carbocycles. The molecule has 7 heteroatoms. The molecular formula is C29H45N3O4. The molecule has 0 saturated carbocycles. The Labute approximate surface area is 215 Å². The Hall–Kier alpha value is -2.83. The van der Waals surface area contributed by atoms with Crippen molar-refractivity contribution in [2.75, 3.05) is 0 Å². The highest BCUT2D eigenvalue weighted by molar-refractivity contribution is 5.91. The molecule has 0 saturated heterocycles. The van der Waals surface area contributed by atoms with Crippen LogP contribution in [0.25, 0.3) is 10.9 Å². The third-order valence-electron chi connectivity index (χ3n) is 6.58. The number of carboxylic acids is 1.